The van der Waals surface area contributed by atoms with Crippen molar-refractivity contribution >= 4 is 34.8 Å². The fourth-order valence-corrected chi connectivity index (χ4v) is 3.75. The second-order valence-electron chi connectivity index (χ2n) is 6.21. The molecule has 0 unspecified atom stereocenters. The second-order valence-corrected chi connectivity index (χ2v) is 6.62. The topological polar surface area (TPSA) is 63.4 Å². The Bertz CT molecular complexity index is 621. The predicted molar refractivity (Wildman–Crippen MR) is 83.2 cm³/mol. The molecule has 1 aliphatic heterocycles. The number of carbonyl (C=O) groups excluding carboxylic acids is 2. The van der Waals surface area contributed by atoms with E-state index in [0.717, 1.165) is 37.7 Å². The van der Waals surface area contributed by atoms with E-state index < -0.39 is 5.41 Å². The fourth-order valence-electron chi connectivity index (χ4n) is 3.59. The SMILES string of the molecule is Cc1cc(N)c(Cl)cc1N1C(=O)CC2(CCCCC2)C1=O. The van der Waals surface area contributed by atoms with Gasteiger partial charge in [-0.15, -0.1) is 0 Å². The van der Waals surface area contributed by atoms with Crippen LogP contribution in [0.5, 0.6) is 0 Å². The first-order chi connectivity index (χ1) is 9.94. The van der Waals surface area contributed by atoms with Gasteiger partial charge in [0.2, 0.25) is 11.8 Å². The largest absolute Gasteiger partial charge is 0.398 e. The Hall–Kier alpha value is -1.55. The smallest absolute Gasteiger partial charge is 0.240 e. The number of hydrogen-bond acceptors (Lipinski definition) is 3. The van der Waals surface area contributed by atoms with Gasteiger partial charge in [0.05, 0.1) is 21.8 Å². The summed E-state index contributed by atoms with van der Waals surface area (Å²) >= 11 is 6.06. The molecule has 3 rings (SSSR count). The Kier molecular flexibility index (Phi) is 3.44. The summed E-state index contributed by atoms with van der Waals surface area (Å²) < 4.78 is 0. The van der Waals surface area contributed by atoms with Gasteiger partial charge in [-0.1, -0.05) is 30.9 Å². The van der Waals surface area contributed by atoms with Gasteiger partial charge in [0.15, 0.2) is 0 Å². The molecule has 0 bridgehead atoms. The molecule has 5 heteroatoms. The zero-order valence-electron chi connectivity index (χ0n) is 12.1. The molecule has 1 aromatic rings. The Morgan fingerprint density at radius 2 is 1.86 bits per heavy atom. The molecule has 4 nitrogen and oxygen atoms in total. The molecule has 1 aromatic carbocycles. The number of hydrogen-bond donors (Lipinski definition) is 1. The van der Waals surface area contributed by atoms with Crippen molar-refractivity contribution in [1.82, 2.24) is 0 Å². The van der Waals surface area contributed by atoms with Crippen LogP contribution in [-0.2, 0) is 9.59 Å². The minimum Gasteiger partial charge on any atom is -0.398 e. The molecule has 21 heavy (non-hydrogen) atoms. The van der Waals surface area contributed by atoms with E-state index >= 15 is 0 Å². The molecular formula is C16H19ClN2O2. The van der Waals surface area contributed by atoms with Gasteiger partial charge in [-0.2, -0.15) is 0 Å². The highest BCUT2D eigenvalue weighted by Gasteiger charge is 2.52. The lowest BCUT2D eigenvalue weighted by atomic mass is 9.73. The zero-order chi connectivity index (χ0) is 15.2. The Balaban J connectivity index is 2.01. The number of halogens is 1. The van der Waals surface area contributed by atoms with Crippen LogP contribution < -0.4 is 10.6 Å². The van der Waals surface area contributed by atoms with Crippen LogP contribution in [0.3, 0.4) is 0 Å². The van der Waals surface area contributed by atoms with Crippen molar-refractivity contribution in [1.29, 1.82) is 0 Å². The van der Waals surface area contributed by atoms with E-state index in [4.69, 9.17) is 17.3 Å². The van der Waals surface area contributed by atoms with Crippen LogP contribution in [0.1, 0.15) is 44.1 Å². The highest BCUT2D eigenvalue weighted by Crippen LogP contribution is 2.47. The Morgan fingerprint density at radius 1 is 1.19 bits per heavy atom. The van der Waals surface area contributed by atoms with Crippen LogP contribution in [0.4, 0.5) is 11.4 Å². The highest BCUT2D eigenvalue weighted by atomic mass is 35.5. The summed E-state index contributed by atoms with van der Waals surface area (Å²) in [5, 5.41) is 0.376. The van der Waals surface area contributed by atoms with E-state index in [2.05, 4.69) is 0 Å². The first-order valence-corrected chi connectivity index (χ1v) is 7.75. The lowest BCUT2D eigenvalue weighted by Crippen LogP contribution is -2.37. The van der Waals surface area contributed by atoms with Crippen LogP contribution in [0.2, 0.25) is 5.02 Å². The van der Waals surface area contributed by atoms with Crippen LogP contribution in [0.25, 0.3) is 0 Å². The van der Waals surface area contributed by atoms with Crippen molar-refractivity contribution in [3.8, 4) is 0 Å². The molecule has 1 aliphatic carbocycles. The van der Waals surface area contributed by atoms with Gasteiger partial charge in [0, 0.05) is 6.42 Å². The molecule has 0 radical (unpaired) electrons. The van der Waals surface area contributed by atoms with Crippen LogP contribution in [0, 0.1) is 12.3 Å². The third kappa shape index (κ3) is 2.22. The van der Waals surface area contributed by atoms with Gasteiger partial charge in [0.1, 0.15) is 0 Å². The number of amides is 2. The molecule has 2 fully saturated rings. The summed E-state index contributed by atoms with van der Waals surface area (Å²) in [5.41, 5.74) is 7.13. The van der Waals surface area contributed by atoms with E-state index in [1.54, 1.807) is 12.1 Å². The number of nitrogens with zero attached hydrogens (tertiary/aromatic N) is 1. The van der Waals surface area contributed by atoms with Crippen molar-refractivity contribution < 1.29 is 9.59 Å². The summed E-state index contributed by atoms with van der Waals surface area (Å²) in [6.45, 7) is 1.84. The quantitative estimate of drug-likeness (QED) is 0.638. The van der Waals surface area contributed by atoms with Crippen LogP contribution in [0.15, 0.2) is 12.1 Å². The average molecular weight is 307 g/mol. The zero-order valence-corrected chi connectivity index (χ0v) is 12.9. The van der Waals surface area contributed by atoms with Gasteiger partial charge in [-0.3, -0.25) is 9.59 Å². The van der Waals surface area contributed by atoms with Crippen molar-refractivity contribution in [2.75, 3.05) is 10.6 Å². The van der Waals surface area contributed by atoms with Gasteiger partial charge < -0.3 is 5.73 Å². The van der Waals surface area contributed by atoms with Crippen molar-refractivity contribution in [2.24, 2.45) is 5.41 Å². The van der Waals surface area contributed by atoms with Gasteiger partial charge in [0.25, 0.3) is 0 Å². The molecule has 2 N–H and O–H groups in total. The summed E-state index contributed by atoms with van der Waals surface area (Å²) in [6.07, 6.45) is 5.15. The van der Waals surface area contributed by atoms with E-state index in [-0.39, 0.29) is 11.8 Å². The number of rotatable bonds is 1. The number of nitrogens with two attached hydrogens (primary N) is 1. The normalized spacial score (nSPS) is 21.3. The van der Waals surface area contributed by atoms with E-state index in [1.165, 1.54) is 4.90 Å². The summed E-state index contributed by atoms with van der Waals surface area (Å²) in [4.78, 5) is 26.6. The van der Waals surface area contributed by atoms with E-state index in [9.17, 15) is 9.59 Å². The molecule has 0 aromatic heterocycles. The standard InChI is InChI=1S/C16H19ClN2O2/c1-10-7-12(18)11(17)8-13(10)19-14(20)9-16(15(19)21)5-3-2-4-6-16/h7-8H,2-6,9,18H2,1H3. The lowest BCUT2D eigenvalue weighted by Gasteiger charge is -2.30. The molecule has 112 valence electrons. The number of benzene rings is 1. The van der Waals surface area contributed by atoms with Gasteiger partial charge in [-0.05, 0) is 37.5 Å². The highest BCUT2D eigenvalue weighted by molar-refractivity contribution is 6.34. The maximum atomic E-state index is 12.9. The third-order valence-electron chi connectivity index (χ3n) is 4.76. The van der Waals surface area contributed by atoms with Gasteiger partial charge in [-0.25, -0.2) is 4.90 Å². The monoisotopic (exact) mass is 306 g/mol. The molecule has 1 saturated carbocycles. The van der Waals surface area contributed by atoms with E-state index in [0.29, 0.717) is 22.8 Å². The average Bonchev–Trinajstić information content (AvgIpc) is 2.67. The molecular weight excluding hydrogens is 288 g/mol. The minimum atomic E-state index is -0.477. The number of nitrogen functional groups attached to an aromatic ring is 1. The minimum absolute atomic E-state index is 0.0591. The van der Waals surface area contributed by atoms with Crippen molar-refractivity contribution in [2.45, 2.75) is 45.4 Å². The summed E-state index contributed by atoms with van der Waals surface area (Å²) in [6, 6.07) is 3.34. The maximum absolute atomic E-state index is 12.9. The second kappa shape index (κ2) is 5.02. The molecule has 1 saturated heterocycles. The predicted octanol–water partition coefficient (Wildman–Crippen LogP) is 3.44. The van der Waals surface area contributed by atoms with Crippen LogP contribution >= 0.6 is 11.6 Å². The number of imide groups is 1. The van der Waals surface area contributed by atoms with Crippen molar-refractivity contribution in [3.05, 3.63) is 22.7 Å². The molecule has 1 spiro atoms. The first kappa shape index (κ1) is 14.4. The van der Waals surface area contributed by atoms with Gasteiger partial charge >= 0.3 is 0 Å². The summed E-state index contributed by atoms with van der Waals surface area (Å²) in [5.74, 6) is -0.179. The molecule has 2 amide bonds. The Labute approximate surface area is 129 Å². The molecule has 2 aliphatic rings. The van der Waals surface area contributed by atoms with Crippen LogP contribution in [-0.4, -0.2) is 11.8 Å². The number of carbonyl (C=O) groups is 2. The lowest BCUT2D eigenvalue weighted by molar-refractivity contribution is -0.127. The first-order valence-electron chi connectivity index (χ1n) is 7.38. The maximum Gasteiger partial charge on any atom is 0.240 e. The van der Waals surface area contributed by atoms with E-state index in [1.807, 2.05) is 6.92 Å². The Morgan fingerprint density at radius 3 is 2.52 bits per heavy atom. The van der Waals surface area contributed by atoms with Crippen molar-refractivity contribution in [3.63, 3.8) is 0 Å². The third-order valence-corrected chi connectivity index (χ3v) is 5.09. The summed E-state index contributed by atoms with van der Waals surface area (Å²) in [7, 11) is 0. The fraction of sp³-hybridized carbons (Fsp3) is 0.500. The molecule has 1 heterocycles. The number of anilines is 2. The number of aryl methyl sites for hydroxylation is 1. The molecule has 0 atom stereocenters.